The number of nitrogens with one attached hydrogen (secondary N) is 2. The molecule has 1 aliphatic rings. The van der Waals surface area contributed by atoms with Gasteiger partial charge in [-0.05, 0) is 12.1 Å². The van der Waals surface area contributed by atoms with Crippen LogP contribution in [0.2, 0.25) is 0 Å². The van der Waals surface area contributed by atoms with Crippen LogP contribution in [0.3, 0.4) is 0 Å². The van der Waals surface area contributed by atoms with E-state index in [1.165, 1.54) is 0 Å². The van der Waals surface area contributed by atoms with Crippen LogP contribution < -0.4 is 5.32 Å². The Morgan fingerprint density at radius 2 is 2.06 bits per heavy atom. The number of aromatic nitrogens is 1. The molecule has 0 unspecified atom stereocenters. The van der Waals surface area contributed by atoms with E-state index in [1.807, 2.05) is 0 Å². The third-order valence-electron chi connectivity index (χ3n) is 2.80. The fourth-order valence-electron chi connectivity index (χ4n) is 1.88. The molecule has 0 spiro atoms. The van der Waals surface area contributed by atoms with Crippen molar-refractivity contribution in [3.05, 3.63) is 24.0 Å². The molecule has 0 aromatic carbocycles. The number of carbonyl (C=O) groups excluding carboxylic acids is 2. The quantitative estimate of drug-likeness (QED) is 0.514. The monoisotopic (exact) mass is 253 g/mol. The summed E-state index contributed by atoms with van der Waals surface area (Å²) in [6.45, 7) is 0.428. The number of imide groups is 1. The van der Waals surface area contributed by atoms with Gasteiger partial charge in [-0.2, -0.15) is 0 Å². The van der Waals surface area contributed by atoms with Gasteiger partial charge in [-0.15, -0.1) is 0 Å². The predicted molar refractivity (Wildman–Crippen MR) is 61.7 cm³/mol. The Morgan fingerprint density at radius 1 is 1.39 bits per heavy atom. The van der Waals surface area contributed by atoms with Crippen LogP contribution in [0.5, 0.6) is 0 Å². The second kappa shape index (κ2) is 5.30. The minimum atomic E-state index is -0.836. The fraction of sp³-hybridized carbons (Fsp3) is 0.455. The number of β-amino-alcohol motifs (C(OH)–C–C–N with tert-alkyl or cyclic N) is 2. The number of hydrogen-bond donors (Lipinski definition) is 4. The van der Waals surface area contributed by atoms with Gasteiger partial charge in [0, 0.05) is 19.3 Å². The Hall–Kier alpha value is -1.70. The number of likely N-dealkylation sites (tertiary alicyclic amines) is 1. The lowest BCUT2D eigenvalue weighted by atomic mass is 10.3. The number of nitrogens with zero attached hydrogens (tertiary/aromatic N) is 1. The first kappa shape index (κ1) is 12.7. The molecule has 0 radical (unpaired) electrons. The molecule has 0 saturated carbocycles. The van der Waals surface area contributed by atoms with Crippen LogP contribution in [-0.2, 0) is 4.79 Å². The van der Waals surface area contributed by atoms with Crippen molar-refractivity contribution in [1.29, 1.82) is 0 Å². The van der Waals surface area contributed by atoms with Crippen LogP contribution >= 0.6 is 0 Å². The van der Waals surface area contributed by atoms with Gasteiger partial charge in [-0.3, -0.25) is 19.8 Å². The highest BCUT2D eigenvalue weighted by Crippen LogP contribution is 2.08. The maximum atomic E-state index is 11.6. The molecular weight excluding hydrogens is 238 g/mol. The van der Waals surface area contributed by atoms with Crippen LogP contribution in [0.25, 0.3) is 0 Å². The second-order valence-corrected chi connectivity index (χ2v) is 4.29. The van der Waals surface area contributed by atoms with Gasteiger partial charge in [0.25, 0.3) is 5.91 Å². The standard InChI is InChI=1S/C11H15N3O4/c15-8-4-14(5-9(8)16)6-10(17)13-11(18)7-2-1-3-12-7/h1-3,8-9,12,15-16H,4-6H2,(H,13,17,18)/t8-,9+. The molecule has 2 rings (SSSR count). The molecule has 1 aromatic heterocycles. The van der Waals surface area contributed by atoms with Gasteiger partial charge in [-0.1, -0.05) is 0 Å². The Bertz CT molecular complexity index is 422. The zero-order valence-corrected chi connectivity index (χ0v) is 9.67. The van der Waals surface area contributed by atoms with Gasteiger partial charge < -0.3 is 15.2 Å². The third kappa shape index (κ3) is 2.95. The summed E-state index contributed by atoms with van der Waals surface area (Å²) in [6.07, 6.45) is -0.0825. The molecule has 1 aromatic rings. The average Bonchev–Trinajstić information content (AvgIpc) is 2.89. The number of H-pyrrole nitrogens is 1. The van der Waals surface area contributed by atoms with E-state index in [9.17, 15) is 19.8 Å². The van der Waals surface area contributed by atoms with E-state index in [-0.39, 0.29) is 19.6 Å². The number of aliphatic hydroxyl groups excluding tert-OH is 2. The Morgan fingerprint density at radius 3 is 2.61 bits per heavy atom. The molecule has 18 heavy (non-hydrogen) atoms. The summed E-state index contributed by atoms with van der Waals surface area (Å²) < 4.78 is 0. The molecule has 1 saturated heterocycles. The zero-order valence-electron chi connectivity index (χ0n) is 9.67. The molecule has 2 amide bonds. The molecule has 0 bridgehead atoms. The normalized spacial score (nSPS) is 24.1. The Balaban J connectivity index is 1.81. The van der Waals surface area contributed by atoms with E-state index in [0.29, 0.717) is 5.69 Å². The van der Waals surface area contributed by atoms with Crippen molar-refractivity contribution >= 4 is 11.8 Å². The Labute approximate surface area is 103 Å². The van der Waals surface area contributed by atoms with Gasteiger partial charge in [0.1, 0.15) is 5.69 Å². The van der Waals surface area contributed by atoms with E-state index < -0.39 is 24.0 Å². The zero-order chi connectivity index (χ0) is 13.1. The van der Waals surface area contributed by atoms with Gasteiger partial charge >= 0.3 is 0 Å². The lowest BCUT2D eigenvalue weighted by molar-refractivity contribution is -0.121. The van der Waals surface area contributed by atoms with E-state index >= 15 is 0 Å². The molecule has 7 heteroatoms. The molecule has 2 heterocycles. The first-order valence-corrected chi connectivity index (χ1v) is 5.62. The number of rotatable bonds is 3. The van der Waals surface area contributed by atoms with Crippen LogP contribution in [0.4, 0.5) is 0 Å². The van der Waals surface area contributed by atoms with E-state index in [1.54, 1.807) is 23.2 Å². The lowest BCUT2D eigenvalue weighted by Gasteiger charge is -2.13. The summed E-state index contributed by atoms with van der Waals surface area (Å²) in [7, 11) is 0. The summed E-state index contributed by atoms with van der Waals surface area (Å²) in [6, 6.07) is 3.22. The van der Waals surface area contributed by atoms with Gasteiger partial charge in [0.2, 0.25) is 5.91 Å². The van der Waals surface area contributed by atoms with E-state index in [4.69, 9.17) is 0 Å². The highest BCUT2D eigenvalue weighted by Gasteiger charge is 2.30. The minimum absolute atomic E-state index is 0.0272. The maximum absolute atomic E-state index is 11.6. The summed E-state index contributed by atoms with van der Waals surface area (Å²) in [5, 5.41) is 20.9. The van der Waals surface area contributed by atoms with Crippen LogP contribution in [-0.4, -0.2) is 63.8 Å². The first-order valence-electron chi connectivity index (χ1n) is 5.62. The predicted octanol–water partition coefficient (Wildman–Crippen LogP) is -1.69. The minimum Gasteiger partial charge on any atom is -0.389 e. The topological polar surface area (TPSA) is 106 Å². The number of amides is 2. The van der Waals surface area contributed by atoms with Crippen molar-refractivity contribution in [2.24, 2.45) is 0 Å². The first-order chi connectivity index (χ1) is 8.56. The molecule has 0 aliphatic carbocycles. The van der Waals surface area contributed by atoms with Gasteiger partial charge in [0.05, 0.1) is 18.8 Å². The molecule has 1 fully saturated rings. The highest BCUT2D eigenvalue weighted by molar-refractivity contribution is 6.04. The van der Waals surface area contributed by atoms with Crippen molar-refractivity contribution in [3.8, 4) is 0 Å². The molecular formula is C11H15N3O4. The summed E-state index contributed by atoms with van der Waals surface area (Å²) in [5.41, 5.74) is 0.310. The van der Waals surface area contributed by atoms with Crippen molar-refractivity contribution < 1.29 is 19.8 Å². The van der Waals surface area contributed by atoms with Crippen molar-refractivity contribution in [1.82, 2.24) is 15.2 Å². The summed E-state index contributed by atoms with van der Waals surface area (Å²) in [4.78, 5) is 27.4. The Kier molecular flexibility index (Phi) is 3.75. The molecule has 2 atom stereocenters. The van der Waals surface area contributed by atoms with Gasteiger partial charge in [0.15, 0.2) is 0 Å². The maximum Gasteiger partial charge on any atom is 0.274 e. The van der Waals surface area contributed by atoms with Crippen LogP contribution in [0.1, 0.15) is 10.5 Å². The highest BCUT2D eigenvalue weighted by atomic mass is 16.3. The van der Waals surface area contributed by atoms with E-state index in [0.717, 1.165) is 0 Å². The van der Waals surface area contributed by atoms with E-state index in [2.05, 4.69) is 10.3 Å². The van der Waals surface area contributed by atoms with Crippen molar-refractivity contribution in [2.75, 3.05) is 19.6 Å². The summed E-state index contributed by atoms with van der Waals surface area (Å²) >= 11 is 0. The summed E-state index contributed by atoms with van der Waals surface area (Å²) in [5.74, 6) is -0.957. The number of aliphatic hydroxyl groups is 2. The lowest BCUT2D eigenvalue weighted by Crippen LogP contribution is -2.39. The molecule has 1 aliphatic heterocycles. The number of hydrogen-bond acceptors (Lipinski definition) is 5. The second-order valence-electron chi connectivity index (χ2n) is 4.29. The smallest absolute Gasteiger partial charge is 0.274 e. The fourth-order valence-corrected chi connectivity index (χ4v) is 1.88. The molecule has 98 valence electrons. The largest absolute Gasteiger partial charge is 0.389 e. The van der Waals surface area contributed by atoms with Crippen LogP contribution in [0, 0.1) is 0 Å². The molecule has 4 N–H and O–H groups in total. The molecule has 7 nitrogen and oxygen atoms in total. The van der Waals surface area contributed by atoms with Crippen LogP contribution in [0.15, 0.2) is 18.3 Å². The van der Waals surface area contributed by atoms with Crippen molar-refractivity contribution in [2.45, 2.75) is 12.2 Å². The third-order valence-corrected chi connectivity index (χ3v) is 2.80. The number of carbonyl (C=O) groups is 2. The van der Waals surface area contributed by atoms with Gasteiger partial charge in [-0.25, -0.2) is 0 Å². The van der Waals surface area contributed by atoms with Crippen molar-refractivity contribution in [3.63, 3.8) is 0 Å². The number of aromatic amines is 1. The SMILES string of the molecule is O=C(CN1C[C@@H](O)[C@@H](O)C1)NC(=O)c1ccc[nH]1. The average molecular weight is 253 g/mol.